The second-order valence-electron chi connectivity index (χ2n) is 8.27. The highest BCUT2D eigenvalue weighted by molar-refractivity contribution is 6.25. The van der Waals surface area contributed by atoms with Crippen LogP contribution in [0, 0.1) is 0 Å². The fourth-order valence-corrected chi connectivity index (χ4v) is 5.62. The maximum absolute atomic E-state index is 13.7. The SMILES string of the molecule is CN1C2=C(C=CCC2)C(Cl)C1C(=O)N(C1CC1)C1CCC2NNC=C2C1. The van der Waals surface area contributed by atoms with Crippen LogP contribution in [0.3, 0.4) is 0 Å². The summed E-state index contributed by atoms with van der Waals surface area (Å²) in [5.41, 5.74) is 10.3. The van der Waals surface area contributed by atoms with Crippen LogP contribution in [-0.4, -0.2) is 52.3 Å². The molecule has 26 heavy (non-hydrogen) atoms. The summed E-state index contributed by atoms with van der Waals surface area (Å²) in [6, 6.07) is 0.912. The summed E-state index contributed by atoms with van der Waals surface area (Å²) in [6.07, 6.45) is 13.8. The van der Waals surface area contributed by atoms with E-state index in [1.54, 1.807) is 0 Å². The zero-order valence-electron chi connectivity index (χ0n) is 15.2. The molecule has 0 radical (unpaired) electrons. The Morgan fingerprint density at radius 1 is 1.27 bits per heavy atom. The van der Waals surface area contributed by atoms with E-state index < -0.39 is 0 Å². The maximum Gasteiger partial charge on any atom is 0.247 e. The van der Waals surface area contributed by atoms with Gasteiger partial charge in [-0.2, -0.15) is 0 Å². The smallest absolute Gasteiger partial charge is 0.247 e. The number of hydrazine groups is 1. The third kappa shape index (κ3) is 2.59. The van der Waals surface area contributed by atoms with Crippen molar-refractivity contribution in [1.29, 1.82) is 0 Å². The molecule has 5 nitrogen and oxygen atoms in total. The zero-order chi connectivity index (χ0) is 17.8. The lowest BCUT2D eigenvalue weighted by Gasteiger charge is -2.40. The van der Waals surface area contributed by atoms with Crippen LogP contribution in [0.25, 0.3) is 0 Å². The number of nitrogens with one attached hydrogen (secondary N) is 2. The van der Waals surface area contributed by atoms with E-state index >= 15 is 0 Å². The van der Waals surface area contributed by atoms with E-state index in [-0.39, 0.29) is 17.3 Å². The summed E-state index contributed by atoms with van der Waals surface area (Å²) in [7, 11) is 2.05. The number of halogens is 1. The molecule has 2 N–H and O–H groups in total. The molecule has 6 heteroatoms. The zero-order valence-corrected chi connectivity index (χ0v) is 16.0. The van der Waals surface area contributed by atoms with Gasteiger partial charge in [-0.1, -0.05) is 12.2 Å². The largest absolute Gasteiger partial charge is 0.364 e. The molecule has 4 unspecified atom stereocenters. The standard InChI is InChI=1S/C20H27ClN4O/c1-24-17-5-3-2-4-15(17)18(21)19(24)20(26)25(13-6-7-13)14-8-9-16-12(10-14)11-22-23-16/h2,4,11,13-14,16,18-19,22-23H,3,5-10H2,1H3. The number of amides is 1. The number of carbonyl (C=O) groups excluding carboxylic acids is 1. The van der Waals surface area contributed by atoms with Gasteiger partial charge in [0.05, 0.1) is 5.38 Å². The molecular weight excluding hydrogens is 348 g/mol. The number of hydrogen-bond donors (Lipinski definition) is 2. The minimum absolute atomic E-state index is 0.231. The van der Waals surface area contributed by atoms with Crippen LogP contribution >= 0.6 is 11.6 Å². The van der Waals surface area contributed by atoms with Crippen LogP contribution in [-0.2, 0) is 4.79 Å². The number of hydrogen-bond acceptors (Lipinski definition) is 4. The summed E-state index contributed by atoms with van der Waals surface area (Å²) in [4.78, 5) is 18.1. The number of allylic oxidation sites excluding steroid dienone is 3. The van der Waals surface area contributed by atoms with Gasteiger partial charge < -0.3 is 15.2 Å². The second kappa shape index (κ2) is 6.31. The third-order valence-corrected chi connectivity index (χ3v) is 7.13. The summed E-state index contributed by atoms with van der Waals surface area (Å²) >= 11 is 6.81. The molecule has 0 bridgehead atoms. The molecule has 2 aliphatic heterocycles. The van der Waals surface area contributed by atoms with Crippen LogP contribution in [0.2, 0.25) is 0 Å². The van der Waals surface area contributed by atoms with Crippen molar-refractivity contribution in [2.24, 2.45) is 0 Å². The quantitative estimate of drug-likeness (QED) is 0.745. The topological polar surface area (TPSA) is 47.6 Å². The summed E-state index contributed by atoms with van der Waals surface area (Å²) < 4.78 is 0. The minimum Gasteiger partial charge on any atom is -0.364 e. The molecule has 2 heterocycles. The Kier molecular flexibility index (Phi) is 4.05. The monoisotopic (exact) mass is 374 g/mol. The first-order chi connectivity index (χ1) is 12.6. The van der Waals surface area contributed by atoms with Crippen molar-refractivity contribution < 1.29 is 4.79 Å². The molecule has 2 fully saturated rings. The molecule has 4 atom stereocenters. The molecule has 140 valence electrons. The first kappa shape index (κ1) is 16.7. The summed E-state index contributed by atoms with van der Waals surface area (Å²) in [6.45, 7) is 0. The van der Waals surface area contributed by atoms with E-state index in [2.05, 4.69) is 46.1 Å². The van der Waals surface area contributed by atoms with Crippen LogP contribution in [0.15, 0.2) is 35.2 Å². The normalized spacial score (nSPS) is 35.8. The predicted molar refractivity (Wildman–Crippen MR) is 102 cm³/mol. The molecule has 5 aliphatic rings. The van der Waals surface area contributed by atoms with Crippen molar-refractivity contribution in [2.45, 2.75) is 74.5 Å². The van der Waals surface area contributed by atoms with E-state index in [1.165, 1.54) is 11.3 Å². The molecule has 0 aromatic rings. The van der Waals surface area contributed by atoms with Gasteiger partial charge in [-0.15, -0.1) is 11.6 Å². The van der Waals surface area contributed by atoms with Crippen LogP contribution in [0.4, 0.5) is 0 Å². The van der Waals surface area contributed by atoms with Crippen LogP contribution in [0.1, 0.15) is 44.9 Å². The van der Waals surface area contributed by atoms with E-state index in [4.69, 9.17) is 11.6 Å². The lowest BCUT2D eigenvalue weighted by molar-refractivity contribution is -0.138. The number of rotatable bonds is 3. The molecule has 0 aromatic carbocycles. The number of nitrogens with zero attached hydrogens (tertiary/aromatic N) is 2. The molecule has 0 spiro atoms. The number of alkyl halides is 1. The Labute approximate surface area is 160 Å². The van der Waals surface area contributed by atoms with Crippen molar-refractivity contribution in [3.63, 3.8) is 0 Å². The minimum atomic E-state index is -0.253. The fourth-order valence-electron chi connectivity index (χ4n) is 5.15. The lowest BCUT2D eigenvalue weighted by Crippen LogP contribution is -2.54. The van der Waals surface area contributed by atoms with E-state index in [1.807, 2.05) is 0 Å². The average molecular weight is 375 g/mol. The highest BCUT2D eigenvalue weighted by Gasteiger charge is 2.48. The van der Waals surface area contributed by atoms with Gasteiger partial charge in [-0.25, -0.2) is 5.43 Å². The Bertz CT molecular complexity index is 711. The van der Waals surface area contributed by atoms with Gasteiger partial charge in [0.2, 0.25) is 5.91 Å². The highest BCUT2D eigenvalue weighted by atomic mass is 35.5. The van der Waals surface area contributed by atoms with E-state index in [9.17, 15) is 4.79 Å². The maximum atomic E-state index is 13.7. The number of fused-ring (bicyclic) bond motifs is 1. The fraction of sp³-hybridized carbons (Fsp3) is 0.650. The Balaban J connectivity index is 1.38. The van der Waals surface area contributed by atoms with E-state index in [0.29, 0.717) is 18.1 Å². The number of likely N-dealkylation sites (N-methyl/N-ethyl adjacent to an activating group) is 1. The first-order valence-electron chi connectivity index (χ1n) is 9.94. The molecule has 0 aromatic heterocycles. The second-order valence-corrected chi connectivity index (χ2v) is 8.74. The van der Waals surface area contributed by atoms with E-state index in [0.717, 1.165) is 50.5 Å². The molecular formula is C20H27ClN4O. The van der Waals surface area contributed by atoms with Crippen LogP contribution in [0.5, 0.6) is 0 Å². The summed E-state index contributed by atoms with van der Waals surface area (Å²) in [5.74, 6) is 0.237. The van der Waals surface area contributed by atoms with Crippen molar-refractivity contribution in [1.82, 2.24) is 20.7 Å². The molecule has 1 amide bonds. The van der Waals surface area contributed by atoms with Crippen molar-refractivity contribution in [2.75, 3.05) is 7.05 Å². The number of carbonyl (C=O) groups is 1. The lowest BCUT2D eigenvalue weighted by atomic mass is 9.86. The molecule has 0 saturated heterocycles. The van der Waals surface area contributed by atoms with Gasteiger partial charge in [0.1, 0.15) is 6.04 Å². The Morgan fingerprint density at radius 2 is 2.08 bits per heavy atom. The molecule has 2 saturated carbocycles. The van der Waals surface area contributed by atoms with Crippen molar-refractivity contribution >= 4 is 17.5 Å². The summed E-state index contributed by atoms with van der Waals surface area (Å²) in [5, 5.41) is -0.231. The van der Waals surface area contributed by atoms with Crippen molar-refractivity contribution in [3.8, 4) is 0 Å². The van der Waals surface area contributed by atoms with Gasteiger partial charge in [-0.3, -0.25) is 4.79 Å². The van der Waals surface area contributed by atoms with Crippen molar-refractivity contribution in [3.05, 3.63) is 35.2 Å². The van der Waals surface area contributed by atoms with Gasteiger partial charge in [0, 0.05) is 37.1 Å². The highest BCUT2D eigenvalue weighted by Crippen LogP contribution is 2.42. The molecule has 3 aliphatic carbocycles. The van der Waals surface area contributed by atoms with Crippen LogP contribution < -0.4 is 10.9 Å². The van der Waals surface area contributed by atoms with Gasteiger partial charge >= 0.3 is 0 Å². The Morgan fingerprint density at radius 3 is 2.85 bits per heavy atom. The first-order valence-corrected chi connectivity index (χ1v) is 10.4. The van der Waals surface area contributed by atoms with Gasteiger partial charge in [0.25, 0.3) is 0 Å². The van der Waals surface area contributed by atoms with Gasteiger partial charge in [-0.05, 0) is 56.1 Å². The predicted octanol–water partition coefficient (Wildman–Crippen LogP) is 2.42. The van der Waals surface area contributed by atoms with Gasteiger partial charge in [0.15, 0.2) is 0 Å². The average Bonchev–Trinajstić information content (AvgIpc) is 3.30. The third-order valence-electron chi connectivity index (χ3n) is 6.66. The molecule has 5 rings (SSSR count). The Hall–Kier alpha value is -1.46.